The molecule has 100 valence electrons. The summed E-state index contributed by atoms with van der Waals surface area (Å²) in [6.45, 7) is 0.233. The third-order valence-electron chi connectivity index (χ3n) is 2.84. The van der Waals surface area contributed by atoms with Crippen LogP contribution in [-0.4, -0.2) is 16.9 Å². The standard InChI is InChI=1S/C13H7BrN2O4/c14-11-4-3-9(19-11)13-15-12(16-20-13)7-1-2-8-10(5-7)18-6-17-8/h1-5H,6H2. The topological polar surface area (TPSA) is 70.5 Å². The lowest BCUT2D eigenvalue weighted by Crippen LogP contribution is -1.92. The highest BCUT2D eigenvalue weighted by Crippen LogP contribution is 2.35. The molecule has 0 saturated heterocycles. The Morgan fingerprint density at radius 3 is 2.80 bits per heavy atom. The van der Waals surface area contributed by atoms with Gasteiger partial charge in [-0.2, -0.15) is 4.98 Å². The van der Waals surface area contributed by atoms with Crippen LogP contribution in [0, 0.1) is 0 Å². The van der Waals surface area contributed by atoms with Crippen LogP contribution < -0.4 is 9.47 Å². The third-order valence-corrected chi connectivity index (χ3v) is 3.27. The molecule has 0 saturated carbocycles. The molecule has 20 heavy (non-hydrogen) atoms. The van der Waals surface area contributed by atoms with E-state index >= 15 is 0 Å². The van der Waals surface area contributed by atoms with Crippen molar-refractivity contribution in [3.8, 4) is 34.5 Å². The predicted molar refractivity (Wildman–Crippen MR) is 71.3 cm³/mol. The van der Waals surface area contributed by atoms with Gasteiger partial charge in [0.1, 0.15) is 0 Å². The maximum absolute atomic E-state index is 5.37. The molecule has 1 aliphatic rings. The Morgan fingerprint density at radius 2 is 1.95 bits per heavy atom. The van der Waals surface area contributed by atoms with Crippen molar-refractivity contribution >= 4 is 15.9 Å². The average Bonchev–Trinajstić information content (AvgIpc) is 3.17. The lowest BCUT2D eigenvalue weighted by atomic mass is 10.2. The number of ether oxygens (including phenoxy) is 2. The van der Waals surface area contributed by atoms with Crippen molar-refractivity contribution in [2.24, 2.45) is 0 Å². The first-order valence-electron chi connectivity index (χ1n) is 5.79. The lowest BCUT2D eigenvalue weighted by molar-refractivity contribution is 0.174. The van der Waals surface area contributed by atoms with Gasteiger partial charge in [0, 0.05) is 5.56 Å². The van der Waals surface area contributed by atoms with Crippen molar-refractivity contribution in [1.29, 1.82) is 0 Å². The molecule has 0 atom stereocenters. The Labute approximate surface area is 121 Å². The highest BCUT2D eigenvalue weighted by molar-refractivity contribution is 9.10. The number of fused-ring (bicyclic) bond motifs is 1. The molecule has 0 bridgehead atoms. The second-order valence-corrected chi connectivity index (χ2v) is 4.88. The van der Waals surface area contributed by atoms with Gasteiger partial charge in [0.25, 0.3) is 5.89 Å². The van der Waals surface area contributed by atoms with Crippen LogP contribution in [0.5, 0.6) is 11.5 Å². The molecule has 2 aromatic heterocycles. The molecule has 1 aromatic carbocycles. The van der Waals surface area contributed by atoms with E-state index in [2.05, 4.69) is 26.1 Å². The molecule has 3 aromatic rings. The highest BCUT2D eigenvalue weighted by atomic mass is 79.9. The fraction of sp³-hybridized carbons (Fsp3) is 0.0769. The van der Waals surface area contributed by atoms with E-state index < -0.39 is 0 Å². The monoisotopic (exact) mass is 334 g/mol. The third kappa shape index (κ3) is 1.87. The molecule has 0 N–H and O–H groups in total. The molecule has 6 nitrogen and oxygen atoms in total. The average molecular weight is 335 g/mol. The van der Waals surface area contributed by atoms with Crippen molar-refractivity contribution < 1.29 is 18.4 Å². The van der Waals surface area contributed by atoms with Gasteiger partial charge in [0.15, 0.2) is 21.9 Å². The SMILES string of the molecule is Brc1ccc(-c2nc(-c3ccc4c(c3)OCO4)no2)o1. The summed E-state index contributed by atoms with van der Waals surface area (Å²) in [5, 5.41) is 3.94. The molecule has 3 heterocycles. The number of halogens is 1. The number of hydrogen-bond donors (Lipinski definition) is 0. The Balaban J connectivity index is 1.71. The number of rotatable bonds is 2. The van der Waals surface area contributed by atoms with Crippen molar-refractivity contribution in [3.63, 3.8) is 0 Å². The van der Waals surface area contributed by atoms with Crippen molar-refractivity contribution in [1.82, 2.24) is 10.1 Å². The molecule has 0 fully saturated rings. The van der Waals surface area contributed by atoms with E-state index in [1.807, 2.05) is 18.2 Å². The van der Waals surface area contributed by atoms with Gasteiger partial charge in [-0.15, -0.1) is 0 Å². The second kappa shape index (κ2) is 4.38. The zero-order chi connectivity index (χ0) is 13.5. The Morgan fingerprint density at radius 1 is 1.05 bits per heavy atom. The van der Waals surface area contributed by atoms with Crippen LogP contribution in [0.15, 0.2) is 43.9 Å². The van der Waals surface area contributed by atoms with E-state index in [9.17, 15) is 0 Å². The molecule has 0 unspecified atom stereocenters. The Kier molecular flexibility index (Phi) is 2.53. The predicted octanol–water partition coefficient (Wildman–Crippen LogP) is 3.49. The number of furan rings is 1. The van der Waals surface area contributed by atoms with Crippen LogP contribution in [0.1, 0.15) is 0 Å². The van der Waals surface area contributed by atoms with Crippen LogP contribution in [-0.2, 0) is 0 Å². The van der Waals surface area contributed by atoms with E-state index in [1.54, 1.807) is 12.1 Å². The number of aromatic nitrogens is 2. The van der Waals surface area contributed by atoms with Gasteiger partial charge in [-0.05, 0) is 46.3 Å². The first-order chi connectivity index (χ1) is 9.79. The van der Waals surface area contributed by atoms with Crippen molar-refractivity contribution in [3.05, 3.63) is 35.0 Å². The highest BCUT2D eigenvalue weighted by Gasteiger charge is 2.18. The molecular weight excluding hydrogens is 328 g/mol. The zero-order valence-corrected chi connectivity index (χ0v) is 11.6. The van der Waals surface area contributed by atoms with E-state index in [0.717, 1.165) is 5.56 Å². The quantitative estimate of drug-likeness (QED) is 0.714. The van der Waals surface area contributed by atoms with E-state index in [4.69, 9.17) is 18.4 Å². The minimum atomic E-state index is 0.233. The van der Waals surface area contributed by atoms with Gasteiger partial charge >= 0.3 is 0 Å². The summed E-state index contributed by atoms with van der Waals surface area (Å²) in [6, 6.07) is 8.99. The van der Waals surface area contributed by atoms with E-state index in [-0.39, 0.29) is 6.79 Å². The summed E-state index contributed by atoms with van der Waals surface area (Å²) in [5.74, 6) is 2.69. The molecule has 0 spiro atoms. The minimum absolute atomic E-state index is 0.233. The summed E-state index contributed by atoms with van der Waals surface area (Å²) >= 11 is 3.23. The van der Waals surface area contributed by atoms with Crippen molar-refractivity contribution in [2.45, 2.75) is 0 Å². The summed E-state index contributed by atoms with van der Waals surface area (Å²) in [6.07, 6.45) is 0. The molecule has 0 radical (unpaired) electrons. The first-order valence-corrected chi connectivity index (χ1v) is 6.58. The van der Waals surface area contributed by atoms with E-state index in [1.165, 1.54) is 0 Å². The largest absolute Gasteiger partial charge is 0.454 e. The smallest absolute Gasteiger partial charge is 0.293 e. The van der Waals surface area contributed by atoms with Gasteiger partial charge < -0.3 is 18.4 Å². The van der Waals surface area contributed by atoms with Crippen LogP contribution in [0.3, 0.4) is 0 Å². The molecular formula is C13H7BrN2O4. The summed E-state index contributed by atoms with van der Waals surface area (Å²) in [4.78, 5) is 4.30. The Bertz CT molecular complexity index is 780. The molecule has 1 aliphatic heterocycles. The lowest BCUT2D eigenvalue weighted by Gasteiger charge is -1.97. The van der Waals surface area contributed by atoms with Gasteiger partial charge in [-0.1, -0.05) is 5.16 Å². The Hall–Kier alpha value is -2.28. The molecule has 0 amide bonds. The first kappa shape index (κ1) is 11.5. The second-order valence-electron chi connectivity index (χ2n) is 4.09. The van der Waals surface area contributed by atoms with Crippen LogP contribution in [0.25, 0.3) is 23.0 Å². The molecule has 0 aliphatic carbocycles. The van der Waals surface area contributed by atoms with Crippen LogP contribution in [0.2, 0.25) is 0 Å². The summed E-state index contributed by atoms with van der Waals surface area (Å²) in [5.41, 5.74) is 0.787. The number of nitrogens with zero attached hydrogens (tertiary/aromatic N) is 2. The number of hydrogen-bond acceptors (Lipinski definition) is 6. The molecule has 7 heteroatoms. The van der Waals surface area contributed by atoms with Gasteiger partial charge in [-0.25, -0.2) is 0 Å². The van der Waals surface area contributed by atoms with Crippen LogP contribution >= 0.6 is 15.9 Å². The van der Waals surface area contributed by atoms with Crippen molar-refractivity contribution in [2.75, 3.05) is 6.79 Å². The molecule has 4 rings (SSSR count). The summed E-state index contributed by atoms with van der Waals surface area (Å²) < 4.78 is 21.7. The van der Waals surface area contributed by atoms with E-state index in [0.29, 0.717) is 33.6 Å². The van der Waals surface area contributed by atoms with Gasteiger partial charge in [0.2, 0.25) is 12.6 Å². The van der Waals surface area contributed by atoms with Gasteiger partial charge in [-0.3, -0.25) is 0 Å². The van der Waals surface area contributed by atoms with Gasteiger partial charge in [0.05, 0.1) is 0 Å². The summed E-state index contributed by atoms with van der Waals surface area (Å²) in [7, 11) is 0. The maximum atomic E-state index is 5.37. The van der Waals surface area contributed by atoms with Crippen LogP contribution in [0.4, 0.5) is 0 Å². The normalized spacial score (nSPS) is 12.8. The zero-order valence-electron chi connectivity index (χ0n) is 10.00. The fourth-order valence-electron chi connectivity index (χ4n) is 1.91. The maximum Gasteiger partial charge on any atom is 0.293 e. The minimum Gasteiger partial charge on any atom is -0.454 e. The number of benzene rings is 1. The fourth-order valence-corrected chi connectivity index (χ4v) is 2.21.